The quantitative estimate of drug-likeness (QED) is 0.573. The van der Waals surface area contributed by atoms with Gasteiger partial charge in [0.25, 0.3) is 0 Å². The molecule has 0 unspecified atom stereocenters. The number of amidine groups is 1. The van der Waals surface area contributed by atoms with E-state index >= 15 is 0 Å². The van der Waals surface area contributed by atoms with E-state index in [1.807, 2.05) is 12.3 Å². The van der Waals surface area contributed by atoms with Gasteiger partial charge in [0.1, 0.15) is 11.7 Å². The lowest BCUT2D eigenvalue weighted by atomic mass is 10.0. The highest BCUT2D eigenvalue weighted by molar-refractivity contribution is 5.98. The molecule has 0 aliphatic carbocycles. The molecule has 2 aromatic rings. The van der Waals surface area contributed by atoms with Gasteiger partial charge >= 0.3 is 11.9 Å². The zero-order chi connectivity index (χ0) is 23.5. The summed E-state index contributed by atoms with van der Waals surface area (Å²) in [5.74, 6) is -0.293. The van der Waals surface area contributed by atoms with Crippen LogP contribution in [0.2, 0.25) is 0 Å². The smallest absolute Gasteiger partial charge is 0.328 e. The second kappa shape index (κ2) is 12.4. The number of benzene rings is 1. The number of aliphatic carboxylic acids is 2. The lowest BCUT2D eigenvalue weighted by Gasteiger charge is -2.35. The van der Waals surface area contributed by atoms with Gasteiger partial charge in [0, 0.05) is 63.2 Å². The predicted octanol–water partition coefficient (Wildman–Crippen LogP) is 2.37. The summed E-state index contributed by atoms with van der Waals surface area (Å²) in [7, 11) is 0. The van der Waals surface area contributed by atoms with Crippen LogP contribution < -0.4 is 10.2 Å². The fraction of sp³-hybridized carbons (Fsp3) is 0.333. The molecule has 0 radical (unpaired) electrons. The van der Waals surface area contributed by atoms with Crippen molar-refractivity contribution < 1.29 is 19.8 Å². The Hall–Kier alpha value is -3.72. The summed E-state index contributed by atoms with van der Waals surface area (Å²) in [4.78, 5) is 33.2. The number of fused-ring (bicyclic) bond motifs is 1. The maximum Gasteiger partial charge on any atom is 0.328 e. The highest BCUT2D eigenvalue weighted by Crippen LogP contribution is 2.22. The highest BCUT2D eigenvalue weighted by atomic mass is 16.4. The minimum atomic E-state index is -1.26. The fourth-order valence-corrected chi connectivity index (χ4v) is 3.66. The number of nitrogens with one attached hydrogen (secondary N) is 1. The van der Waals surface area contributed by atoms with Crippen LogP contribution in [-0.2, 0) is 16.0 Å². The lowest BCUT2D eigenvalue weighted by molar-refractivity contribution is -0.134. The number of hydrogen-bond donors (Lipinski definition) is 3. The van der Waals surface area contributed by atoms with Crippen LogP contribution in [-0.4, -0.2) is 77.1 Å². The van der Waals surface area contributed by atoms with Crippen LogP contribution in [0.4, 0.5) is 11.5 Å². The van der Waals surface area contributed by atoms with Gasteiger partial charge in [0.15, 0.2) is 0 Å². The first-order valence-corrected chi connectivity index (χ1v) is 10.9. The monoisotopic (exact) mass is 451 g/mol. The highest BCUT2D eigenvalue weighted by Gasteiger charge is 2.17. The van der Waals surface area contributed by atoms with Gasteiger partial charge in [-0.05, 0) is 30.2 Å². The molecular formula is C24H29N5O4. The largest absolute Gasteiger partial charge is 0.478 e. The summed E-state index contributed by atoms with van der Waals surface area (Å²) < 4.78 is 0. The van der Waals surface area contributed by atoms with Gasteiger partial charge in [-0.3, -0.25) is 9.89 Å². The van der Waals surface area contributed by atoms with Crippen LogP contribution in [0.15, 0.2) is 65.8 Å². The number of carbonyl (C=O) groups is 2. The number of piperazine rings is 1. The van der Waals surface area contributed by atoms with E-state index in [2.05, 4.69) is 56.5 Å². The molecule has 33 heavy (non-hydrogen) atoms. The number of aromatic nitrogens is 1. The van der Waals surface area contributed by atoms with Crippen LogP contribution in [0.1, 0.15) is 12.0 Å². The molecule has 1 aromatic carbocycles. The molecule has 2 aliphatic heterocycles. The summed E-state index contributed by atoms with van der Waals surface area (Å²) in [5.41, 5.74) is 2.61. The van der Waals surface area contributed by atoms with E-state index < -0.39 is 11.9 Å². The van der Waals surface area contributed by atoms with E-state index in [0.29, 0.717) is 12.2 Å². The first-order valence-electron chi connectivity index (χ1n) is 10.9. The molecule has 1 saturated heterocycles. The molecule has 174 valence electrons. The lowest BCUT2D eigenvalue weighted by Crippen LogP contribution is -2.47. The minimum Gasteiger partial charge on any atom is -0.478 e. The van der Waals surface area contributed by atoms with E-state index in [9.17, 15) is 9.59 Å². The number of aliphatic imine (C=N–C) groups is 1. The van der Waals surface area contributed by atoms with Crippen LogP contribution in [0.5, 0.6) is 0 Å². The van der Waals surface area contributed by atoms with E-state index in [1.54, 1.807) is 0 Å². The Bertz CT molecular complexity index is 969. The minimum absolute atomic E-state index is 0.558. The number of nitrogens with zero attached hydrogens (tertiary/aromatic N) is 4. The van der Waals surface area contributed by atoms with Gasteiger partial charge in [0.05, 0.1) is 6.54 Å². The molecule has 3 heterocycles. The first-order chi connectivity index (χ1) is 16.0. The molecule has 2 aliphatic rings. The van der Waals surface area contributed by atoms with Crippen molar-refractivity contribution in [3.05, 3.63) is 66.4 Å². The molecule has 9 nitrogen and oxygen atoms in total. The molecule has 1 aromatic heterocycles. The number of para-hydroxylation sites is 1. The van der Waals surface area contributed by atoms with Gasteiger partial charge in [-0.2, -0.15) is 0 Å². The van der Waals surface area contributed by atoms with Crippen molar-refractivity contribution >= 4 is 29.3 Å². The number of rotatable bonds is 6. The van der Waals surface area contributed by atoms with E-state index in [0.717, 1.165) is 63.8 Å². The third kappa shape index (κ3) is 8.04. The molecule has 0 atom stereocenters. The van der Waals surface area contributed by atoms with Gasteiger partial charge in [-0.15, -0.1) is 0 Å². The number of hydrogen-bond acceptors (Lipinski definition) is 6. The predicted molar refractivity (Wildman–Crippen MR) is 128 cm³/mol. The fourth-order valence-electron chi connectivity index (χ4n) is 3.66. The molecular weight excluding hydrogens is 422 g/mol. The Balaban J connectivity index is 0.000000331. The van der Waals surface area contributed by atoms with Crippen molar-refractivity contribution in [2.45, 2.75) is 12.8 Å². The second-order valence-corrected chi connectivity index (χ2v) is 7.64. The Kier molecular flexibility index (Phi) is 8.96. The van der Waals surface area contributed by atoms with E-state index in [-0.39, 0.29) is 0 Å². The summed E-state index contributed by atoms with van der Waals surface area (Å²) in [5, 5.41) is 19.1. The molecule has 1 fully saturated rings. The summed E-state index contributed by atoms with van der Waals surface area (Å²) in [6, 6.07) is 14.6. The van der Waals surface area contributed by atoms with Crippen LogP contribution >= 0.6 is 0 Å². The van der Waals surface area contributed by atoms with Gasteiger partial charge in [0.2, 0.25) is 0 Å². The van der Waals surface area contributed by atoms with Gasteiger partial charge < -0.3 is 20.4 Å². The van der Waals surface area contributed by atoms with Crippen molar-refractivity contribution in [1.29, 1.82) is 0 Å². The van der Waals surface area contributed by atoms with Crippen molar-refractivity contribution in [3.8, 4) is 0 Å². The second-order valence-electron chi connectivity index (χ2n) is 7.64. The summed E-state index contributed by atoms with van der Waals surface area (Å²) >= 11 is 0. The maximum absolute atomic E-state index is 9.55. The molecule has 0 spiro atoms. The molecule has 9 heteroatoms. The maximum atomic E-state index is 9.55. The molecule has 3 N–H and O–H groups in total. The number of pyridine rings is 1. The van der Waals surface area contributed by atoms with Crippen LogP contribution in [0.3, 0.4) is 0 Å². The first kappa shape index (κ1) is 23.9. The topological polar surface area (TPSA) is 118 Å². The zero-order valence-corrected chi connectivity index (χ0v) is 18.4. The summed E-state index contributed by atoms with van der Waals surface area (Å²) in [6.07, 6.45) is 5.09. The number of aryl methyl sites for hydroxylation is 1. The average molecular weight is 452 g/mol. The van der Waals surface area contributed by atoms with Crippen molar-refractivity contribution in [3.63, 3.8) is 0 Å². The van der Waals surface area contributed by atoms with Gasteiger partial charge in [-0.1, -0.05) is 24.3 Å². The standard InChI is InChI=1S/C20H25N5.C4H4O4/c1-2-6-18-17(5-1)8-9-19(23-18)21-11-12-24-13-15-25(16-14-24)20-7-3-4-10-22-20;5-3(6)1-2-4(7)8/h1-7,10H,8-9,11-16H2,(H,21,23);1-2H,(H,5,6)(H,7,8)/b;2-1+. The summed E-state index contributed by atoms with van der Waals surface area (Å²) in [6.45, 7) is 6.14. The normalized spacial score (nSPS) is 17.1. The Morgan fingerprint density at radius 1 is 0.970 bits per heavy atom. The van der Waals surface area contributed by atoms with E-state index in [4.69, 9.17) is 15.2 Å². The number of carboxylic acid groups (broad SMARTS) is 2. The molecule has 0 amide bonds. The van der Waals surface area contributed by atoms with Crippen molar-refractivity contribution in [2.75, 3.05) is 49.5 Å². The van der Waals surface area contributed by atoms with Crippen molar-refractivity contribution in [1.82, 2.24) is 9.88 Å². The Morgan fingerprint density at radius 3 is 2.33 bits per heavy atom. The zero-order valence-electron chi connectivity index (χ0n) is 18.4. The Morgan fingerprint density at radius 2 is 1.67 bits per heavy atom. The molecule has 0 saturated carbocycles. The van der Waals surface area contributed by atoms with Gasteiger partial charge in [-0.25, -0.2) is 14.6 Å². The third-order valence-corrected chi connectivity index (χ3v) is 5.36. The Labute approximate surface area is 193 Å². The van der Waals surface area contributed by atoms with Crippen LogP contribution in [0.25, 0.3) is 0 Å². The van der Waals surface area contributed by atoms with Crippen molar-refractivity contribution in [2.24, 2.45) is 4.99 Å². The number of carboxylic acids is 2. The molecule has 0 bridgehead atoms. The van der Waals surface area contributed by atoms with E-state index in [1.165, 1.54) is 11.3 Å². The molecule has 4 rings (SSSR count). The third-order valence-electron chi connectivity index (χ3n) is 5.36. The average Bonchev–Trinajstić information content (AvgIpc) is 2.84. The number of anilines is 2. The van der Waals surface area contributed by atoms with Crippen LogP contribution in [0, 0.1) is 0 Å². The SMILES string of the molecule is O=C(O)/C=C/C(=O)O.c1ccc(N2CCN(CCN=C3CCc4ccccc4N3)CC2)nc1.